The lowest BCUT2D eigenvalue weighted by Crippen LogP contribution is -2.61. The summed E-state index contributed by atoms with van der Waals surface area (Å²) in [5.41, 5.74) is 11.3. The van der Waals surface area contributed by atoms with E-state index < -0.39 is 165 Å². The first-order chi connectivity index (χ1) is 34.6. The van der Waals surface area contributed by atoms with Crippen LogP contribution in [0.4, 0.5) is 0 Å². The number of carboxylic acid groups (broad SMARTS) is 1. The molecule has 1 aromatic rings. The molecule has 3 fully saturated rings. The number of aliphatic hydroxyl groups is 4. The van der Waals surface area contributed by atoms with Gasteiger partial charge in [0, 0.05) is 44.4 Å². The van der Waals surface area contributed by atoms with Crippen LogP contribution in [-0.2, 0) is 59.2 Å². The van der Waals surface area contributed by atoms with Gasteiger partial charge in [0.25, 0.3) is 0 Å². The number of primary amides is 1. The Kier molecular flexibility index (Phi) is 22.4. The second-order valence-corrected chi connectivity index (χ2v) is 18.5. The fraction of sp³-hybridized carbons (Fsp3) is 0.682. The van der Waals surface area contributed by atoms with Crippen molar-refractivity contribution >= 4 is 65.0 Å². The Bertz CT molecular complexity index is 2150. The number of amides is 10. The number of imidazole rings is 1. The van der Waals surface area contributed by atoms with Crippen molar-refractivity contribution in [1.82, 2.24) is 56.6 Å². The van der Waals surface area contributed by atoms with E-state index in [9.17, 15) is 78.3 Å². The summed E-state index contributed by atoms with van der Waals surface area (Å²) >= 11 is 0. The molecule has 0 aromatic carbocycles. The summed E-state index contributed by atoms with van der Waals surface area (Å²) in [4.78, 5) is 156. The van der Waals surface area contributed by atoms with Gasteiger partial charge in [0.2, 0.25) is 59.1 Å². The van der Waals surface area contributed by atoms with Gasteiger partial charge < -0.3 is 88.6 Å². The zero-order valence-corrected chi connectivity index (χ0v) is 40.7. The number of aromatic nitrogens is 2. The van der Waals surface area contributed by atoms with E-state index in [0.29, 0.717) is 25.0 Å². The third kappa shape index (κ3) is 16.1. The summed E-state index contributed by atoms with van der Waals surface area (Å²) in [6.45, 7) is 0.193. The van der Waals surface area contributed by atoms with Gasteiger partial charge in [0.1, 0.15) is 60.4 Å². The minimum Gasteiger partial charge on any atom is -0.480 e. The van der Waals surface area contributed by atoms with E-state index in [2.05, 4.69) is 41.9 Å². The van der Waals surface area contributed by atoms with Gasteiger partial charge in [-0.15, -0.1) is 0 Å². The molecule has 0 radical (unpaired) electrons. The van der Waals surface area contributed by atoms with Gasteiger partial charge >= 0.3 is 5.97 Å². The van der Waals surface area contributed by atoms with Gasteiger partial charge in [-0.3, -0.25) is 47.9 Å². The van der Waals surface area contributed by atoms with Crippen molar-refractivity contribution in [1.29, 1.82) is 0 Å². The van der Waals surface area contributed by atoms with E-state index >= 15 is 0 Å². The number of hydrogen-bond donors (Lipinski definition) is 14. The number of rotatable bonds is 27. The maximum Gasteiger partial charge on any atom is 0.326 e. The summed E-state index contributed by atoms with van der Waals surface area (Å²) in [6.07, 6.45) is 3.40. The molecule has 0 spiro atoms. The minimum atomic E-state index is -1.87. The number of nitrogens with two attached hydrogens (primary N) is 2. The fourth-order valence-corrected chi connectivity index (χ4v) is 8.84. The number of nitrogens with zero attached hydrogens (tertiary/aromatic N) is 4. The summed E-state index contributed by atoms with van der Waals surface area (Å²) in [5.74, 6) is -10.4. The molecule has 406 valence electrons. The molecule has 3 aliphatic rings. The van der Waals surface area contributed by atoms with E-state index in [1.165, 1.54) is 22.3 Å². The van der Waals surface area contributed by atoms with Crippen molar-refractivity contribution in [3.8, 4) is 0 Å². The van der Waals surface area contributed by atoms with Crippen LogP contribution in [0.25, 0.3) is 0 Å². The number of aliphatic carboxylic acids is 1. The van der Waals surface area contributed by atoms with E-state index in [-0.39, 0.29) is 57.7 Å². The molecule has 1 aromatic heterocycles. The van der Waals surface area contributed by atoms with Gasteiger partial charge in [-0.2, -0.15) is 0 Å². The molecular weight excluding hydrogens is 967 g/mol. The van der Waals surface area contributed by atoms with E-state index in [1.54, 1.807) is 0 Å². The van der Waals surface area contributed by atoms with Gasteiger partial charge in [0.05, 0.1) is 32.8 Å². The zero-order valence-electron chi connectivity index (χ0n) is 40.7. The predicted molar refractivity (Wildman–Crippen MR) is 250 cm³/mol. The monoisotopic (exact) mass is 1040 g/mol. The topological polar surface area (TPSA) is 452 Å². The van der Waals surface area contributed by atoms with Crippen LogP contribution in [0.1, 0.15) is 77.3 Å². The molecular formula is C44H69N13O16. The molecule has 4 heterocycles. The molecule has 73 heavy (non-hydrogen) atoms. The van der Waals surface area contributed by atoms with Crippen LogP contribution in [0, 0.1) is 5.92 Å². The van der Waals surface area contributed by atoms with E-state index in [0.717, 1.165) is 4.90 Å². The average Bonchev–Trinajstić information content (AvgIpc) is 4.22. The maximum atomic E-state index is 14.2. The number of carbonyl (C=O) groups is 11. The first-order valence-corrected chi connectivity index (χ1v) is 24.1. The van der Waals surface area contributed by atoms with Crippen LogP contribution in [0.2, 0.25) is 0 Å². The number of carboxylic acids is 1. The lowest BCUT2D eigenvalue weighted by Gasteiger charge is -2.34. The molecule has 0 saturated carbocycles. The van der Waals surface area contributed by atoms with Gasteiger partial charge in [-0.1, -0.05) is 13.8 Å². The van der Waals surface area contributed by atoms with Crippen molar-refractivity contribution in [2.75, 3.05) is 46.1 Å². The Morgan fingerprint density at radius 2 is 1.11 bits per heavy atom. The van der Waals surface area contributed by atoms with Crippen LogP contribution in [-0.4, -0.2) is 222 Å². The van der Waals surface area contributed by atoms with Crippen molar-refractivity contribution in [2.24, 2.45) is 17.4 Å². The largest absolute Gasteiger partial charge is 0.480 e. The normalized spacial score (nSPS) is 20.4. The Labute approximate surface area is 419 Å². The van der Waals surface area contributed by atoms with E-state index in [1.807, 2.05) is 13.8 Å². The predicted octanol–water partition coefficient (Wildman–Crippen LogP) is -7.47. The molecule has 3 saturated heterocycles. The maximum absolute atomic E-state index is 14.2. The summed E-state index contributed by atoms with van der Waals surface area (Å²) in [7, 11) is 0. The molecule has 4 rings (SSSR count). The average molecular weight is 1040 g/mol. The van der Waals surface area contributed by atoms with Gasteiger partial charge in [-0.25, -0.2) is 9.78 Å². The van der Waals surface area contributed by atoms with Crippen LogP contribution in [0.5, 0.6) is 0 Å². The molecule has 0 unspecified atom stereocenters. The van der Waals surface area contributed by atoms with Crippen LogP contribution in [0.3, 0.4) is 0 Å². The number of nitrogens with one attached hydrogen (secondary N) is 7. The highest BCUT2D eigenvalue weighted by atomic mass is 16.4. The smallest absolute Gasteiger partial charge is 0.326 e. The molecule has 0 bridgehead atoms. The zero-order chi connectivity index (χ0) is 54.1. The SMILES string of the molecule is CC(C)C[C@H](NC(=O)[C@@H](N)CO)C(=O)N1CCC[C@H]1C(=O)N1CCC[C@H]1C(=O)N[C@@H](Cc1cnc[nH]1)C(=O)N[C@@H](CO)C(=O)N[C@@H](CO)C(=O)N[C@@H](CCC(N)=O)C(=O)N[C@@H](CO)C(=O)N1CCC[C@H]1C(=O)O. The highest BCUT2D eigenvalue weighted by Crippen LogP contribution is 2.27. The number of H-pyrrole nitrogens is 1. The summed E-state index contributed by atoms with van der Waals surface area (Å²) in [5, 5.41) is 63.4. The van der Waals surface area contributed by atoms with Crippen molar-refractivity contribution in [3.05, 3.63) is 18.2 Å². The van der Waals surface area contributed by atoms with Crippen LogP contribution < -0.4 is 43.4 Å². The molecule has 29 nitrogen and oxygen atoms in total. The van der Waals surface area contributed by atoms with Crippen molar-refractivity contribution in [3.63, 3.8) is 0 Å². The molecule has 29 heteroatoms. The number of aliphatic hydroxyl groups excluding tert-OH is 4. The summed E-state index contributed by atoms with van der Waals surface area (Å²) in [6, 6.07) is -14.2. The quantitative estimate of drug-likeness (QED) is 0.0389. The molecule has 10 atom stereocenters. The number of aromatic amines is 1. The minimum absolute atomic E-state index is 0.0267. The summed E-state index contributed by atoms with van der Waals surface area (Å²) < 4.78 is 0. The number of likely N-dealkylation sites (tertiary alicyclic amines) is 3. The number of carbonyl (C=O) groups excluding carboxylic acids is 10. The van der Waals surface area contributed by atoms with Gasteiger partial charge in [-0.05, 0) is 57.3 Å². The van der Waals surface area contributed by atoms with Gasteiger partial charge in [0.15, 0.2) is 0 Å². The Morgan fingerprint density at radius 3 is 1.63 bits per heavy atom. The highest BCUT2D eigenvalue weighted by Gasteiger charge is 2.45. The van der Waals surface area contributed by atoms with Crippen molar-refractivity contribution < 1.29 is 78.3 Å². The molecule has 0 aliphatic carbocycles. The van der Waals surface area contributed by atoms with Crippen molar-refractivity contribution in [2.45, 2.75) is 138 Å². The first-order valence-electron chi connectivity index (χ1n) is 24.1. The second-order valence-electron chi connectivity index (χ2n) is 18.5. The standard InChI is InChI=1S/C44H69N13O16/c1-22(2)14-27(51-35(63)24(45)17-58)41(69)56-12-4-7-32(56)43(71)55-11-3-6-31(55)40(68)50-26(15-23-16-47-21-48-23)37(65)52-29(19-60)39(67)53-28(18-59)38(66)49-25(9-10-34(46)62)36(64)54-30(20-61)42(70)57-13-5-8-33(57)44(72)73/h16,21-22,24-33,58-61H,3-15,17-20,45H2,1-2H3,(H2,46,62)(H,47,48)(H,49,66)(H,50,68)(H,51,63)(H,52,65)(H,53,67)(H,54,64)(H,72,73)/t24-,25-,26-,27-,28-,29-,30-,31-,32-,33-/m0/s1. The highest BCUT2D eigenvalue weighted by molar-refractivity contribution is 5.99. The van der Waals surface area contributed by atoms with E-state index in [4.69, 9.17) is 11.5 Å². The number of hydrogen-bond acceptors (Lipinski definition) is 17. The molecule has 3 aliphatic heterocycles. The first kappa shape index (κ1) is 58.7. The molecule has 16 N–H and O–H groups in total. The Balaban J connectivity index is 1.44. The molecule has 10 amide bonds. The third-order valence-corrected chi connectivity index (χ3v) is 12.7. The second kappa shape index (κ2) is 27.9. The van der Waals surface area contributed by atoms with Crippen LogP contribution in [0.15, 0.2) is 12.5 Å². The lowest BCUT2D eigenvalue weighted by molar-refractivity contribution is -0.150. The Morgan fingerprint density at radius 1 is 0.630 bits per heavy atom. The fourth-order valence-electron chi connectivity index (χ4n) is 8.84. The lowest BCUT2D eigenvalue weighted by atomic mass is 10.0. The van der Waals surface area contributed by atoms with Crippen LogP contribution >= 0.6 is 0 Å². The third-order valence-electron chi connectivity index (χ3n) is 12.7. The Hall–Kier alpha value is -6.82.